The summed E-state index contributed by atoms with van der Waals surface area (Å²) in [4.78, 5) is 13.1. The van der Waals surface area contributed by atoms with Crippen LogP contribution in [0.1, 0.15) is 15.9 Å². The molecular formula is C16H12O2S2. The quantitative estimate of drug-likeness (QED) is 0.734. The van der Waals surface area contributed by atoms with E-state index in [9.17, 15) is 9.90 Å². The molecular weight excluding hydrogens is 288 g/mol. The van der Waals surface area contributed by atoms with Gasteiger partial charge in [-0.2, -0.15) is 0 Å². The van der Waals surface area contributed by atoms with Crippen LogP contribution in [0.15, 0.2) is 57.6 Å². The zero-order valence-electron chi connectivity index (χ0n) is 10.8. The first-order valence-electron chi connectivity index (χ1n) is 6.14. The first-order valence-corrected chi connectivity index (χ1v) is 7.83. The third kappa shape index (κ3) is 2.32. The highest BCUT2D eigenvalue weighted by molar-refractivity contribution is 7.99. The number of aromatic carboxylic acids is 1. The van der Waals surface area contributed by atoms with Crippen molar-refractivity contribution in [3.63, 3.8) is 0 Å². The largest absolute Gasteiger partial charge is 0.478 e. The number of thiophene rings is 1. The second kappa shape index (κ2) is 5.31. The van der Waals surface area contributed by atoms with Gasteiger partial charge in [0.2, 0.25) is 0 Å². The smallest absolute Gasteiger partial charge is 0.336 e. The van der Waals surface area contributed by atoms with Gasteiger partial charge in [-0.1, -0.05) is 42.1 Å². The van der Waals surface area contributed by atoms with E-state index >= 15 is 0 Å². The fourth-order valence-corrected chi connectivity index (χ4v) is 4.35. The lowest BCUT2D eigenvalue weighted by atomic mass is 10.2. The monoisotopic (exact) mass is 300 g/mol. The molecule has 20 heavy (non-hydrogen) atoms. The maximum Gasteiger partial charge on any atom is 0.336 e. The molecule has 0 aliphatic carbocycles. The number of rotatable bonds is 3. The Kier molecular flexibility index (Phi) is 3.51. The summed E-state index contributed by atoms with van der Waals surface area (Å²) in [5, 5.41) is 12.5. The molecule has 0 unspecified atom stereocenters. The molecule has 100 valence electrons. The van der Waals surface area contributed by atoms with E-state index in [1.54, 1.807) is 23.5 Å². The number of carboxylic acid groups (broad SMARTS) is 1. The van der Waals surface area contributed by atoms with Crippen LogP contribution in [0.4, 0.5) is 0 Å². The lowest BCUT2D eigenvalue weighted by molar-refractivity contribution is 0.0693. The molecule has 0 fully saturated rings. The van der Waals surface area contributed by atoms with Crippen LogP contribution in [-0.2, 0) is 0 Å². The fraction of sp³-hybridized carbons (Fsp3) is 0.0625. The molecule has 0 bridgehead atoms. The summed E-state index contributed by atoms with van der Waals surface area (Å²) in [6.07, 6.45) is 0. The van der Waals surface area contributed by atoms with Crippen molar-refractivity contribution in [2.75, 3.05) is 0 Å². The van der Waals surface area contributed by atoms with Gasteiger partial charge in [-0.05, 0) is 24.6 Å². The Labute approximate surface area is 125 Å². The number of aryl methyl sites for hydroxylation is 1. The van der Waals surface area contributed by atoms with Crippen molar-refractivity contribution in [3.8, 4) is 0 Å². The molecule has 3 aromatic rings. The van der Waals surface area contributed by atoms with E-state index in [4.69, 9.17) is 0 Å². The summed E-state index contributed by atoms with van der Waals surface area (Å²) >= 11 is 3.22. The summed E-state index contributed by atoms with van der Waals surface area (Å²) in [7, 11) is 0. The molecule has 0 amide bonds. The van der Waals surface area contributed by atoms with Crippen LogP contribution in [0, 0.1) is 6.92 Å². The molecule has 1 N–H and O–H groups in total. The minimum absolute atomic E-state index is 0.351. The van der Waals surface area contributed by atoms with Crippen LogP contribution >= 0.6 is 23.1 Å². The third-order valence-corrected chi connectivity index (χ3v) is 5.51. The van der Waals surface area contributed by atoms with Gasteiger partial charge < -0.3 is 5.11 Å². The summed E-state index contributed by atoms with van der Waals surface area (Å²) in [6, 6.07) is 13.3. The molecule has 0 saturated carbocycles. The van der Waals surface area contributed by atoms with Crippen LogP contribution in [0.25, 0.3) is 10.1 Å². The van der Waals surface area contributed by atoms with Gasteiger partial charge in [0.1, 0.15) is 0 Å². The molecule has 2 nitrogen and oxygen atoms in total. The molecule has 0 saturated heterocycles. The topological polar surface area (TPSA) is 37.3 Å². The summed E-state index contributed by atoms with van der Waals surface area (Å²) in [5.74, 6) is -0.885. The van der Waals surface area contributed by atoms with Crippen LogP contribution in [-0.4, -0.2) is 11.1 Å². The van der Waals surface area contributed by atoms with Gasteiger partial charge in [0.15, 0.2) is 0 Å². The van der Waals surface area contributed by atoms with Crippen molar-refractivity contribution < 1.29 is 9.90 Å². The molecule has 4 heteroatoms. The van der Waals surface area contributed by atoms with Gasteiger partial charge in [0.25, 0.3) is 0 Å². The summed E-state index contributed by atoms with van der Waals surface area (Å²) in [5.41, 5.74) is 1.61. The molecule has 0 atom stereocenters. The Balaban J connectivity index is 2.06. The summed E-state index contributed by atoms with van der Waals surface area (Å²) in [6.45, 7) is 2.10. The minimum atomic E-state index is -0.885. The third-order valence-electron chi connectivity index (χ3n) is 3.10. The molecule has 0 spiro atoms. The predicted octanol–water partition coefficient (Wildman–Crippen LogP) is 5.06. The highest BCUT2D eigenvalue weighted by Gasteiger charge is 2.13. The second-order valence-corrected chi connectivity index (χ2v) is 6.42. The van der Waals surface area contributed by atoms with Crippen LogP contribution < -0.4 is 0 Å². The molecule has 0 radical (unpaired) electrons. The van der Waals surface area contributed by atoms with E-state index in [1.807, 2.05) is 18.2 Å². The Morgan fingerprint density at radius 3 is 2.70 bits per heavy atom. The Morgan fingerprint density at radius 1 is 1.10 bits per heavy atom. The molecule has 0 aliphatic rings. The minimum Gasteiger partial charge on any atom is -0.478 e. The van der Waals surface area contributed by atoms with E-state index in [0.717, 1.165) is 9.79 Å². The number of carboxylic acids is 1. The normalized spacial score (nSPS) is 10.8. The van der Waals surface area contributed by atoms with Crippen molar-refractivity contribution in [1.29, 1.82) is 0 Å². The average Bonchev–Trinajstić information content (AvgIpc) is 2.84. The molecule has 1 aromatic heterocycles. The van der Waals surface area contributed by atoms with Crippen molar-refractivity contribution in [1.82, 2.24) is 0 Å². The highest BCUT2D eigenvalue weighted by atomic mass is 32.2. The van der Waals surface area contributed by atoms with Gasteiger partial charge >= 0.3 is 5.97 Å². The van der Waals surface area contributed by atoms with Gasteiger partial charge in [-0.15, -0.1) is 11.3 Å². The Hall–Kier alpha value is -1.78. The number of hydrogen-bond donors (Lipinski definition) is 1. The zero-order valence-corrected chi connectivity index (χ0v) is 12.4. The fourth-order valence-electron chi connectivity index (χ4n) is 2.11. The maximum atomic E-state index is 11.3. The van der Waals surface area contributed by atoms with Crippen molar-refractivity contribution in [2.45, 2.75) is 16.7 Å². The van der Waals surface area contributed by atoms with Crippen LogP contribution in [0.3, 0.4) is 0 Å². The first kappa shape index (κ1) is 13.2. The van der Waals surface area contributed by atoms with Gasteiger partial charge in [0.05, 0.1) is 5.56 Å². The van der Waals surface area contributed by atoms with E-state index in [2.05, 4.69) is 24.4 Å². The lowest BCUT2D eigenvalue weighted by Crippen LogP contribution is -1.97. The van der Waals surface area contributed by atoms with Crippen molar-refractivity contribution >= 4 is 39.2 Å². The van der Waals surface area contributed by atoms with Gasteiger partial charge in [-0.3, -0.25) is 0 Å². The predicted molar refractivity (Wildman–Crippen MR) is 84.1 cm³/mol. The van der Waals surface area contributed by atoms with Crippen LogP contribution in [0.2, 0.25) is 0 Å². The molecule has 1 heterocycles. The zero-order chi connectivity index (χ0) is 14.1. The standard InChI is InChI=1S/C16H12O2S2/c1-10-5-4-7-11-14(9-19-15(10)11)20-13-8-3-2-6-12(13)16(17)18/h2-9H,1H3,(H,17,18). The molecule has 2 aromatic carbocycles. The number of fused-ring (bicyclic) bond motifs is 1. The number of benzene rings is 2. The highest BCUT2D eigenvalue weighted by Crippen LogP contribution is 2.39. The van der Waals surface area contributed by atoms with E-state index in [1.165, 1.54) is 27.4 Å². The Morgan fingerprint density at radius 2 is 1.90 bits per heavy atom. The summed E-state index contributed by atoms with van der Waals surface area (Å²) < 4.78 is 1.27. The van der Waals surface area contributed by atoms with E-state index in [-0.39, 0.29) is 0 Å². The van der Waals surface area contributed by atoms with Gasteiger partial charge in [0, 0.05) is 25.3 Å². The molecule has 0 aliphatic heterocycles. The van der Waals surface area contributed by atoms with Crippen molar-refractivity contribution in [3.05, 3.63) is 59.0 Å². The first-order chi connectivity index (χ1) is 9.66. The average molecular weight is 300 g/mol. The lowest BCUT2D eigenvalue weighted by Gasteiger charge is -2.04. The Bertz CT molecular complexity index is 790. The van der Waals surface area contributed by atoms with Crippen LogP contribution in [0.5, 0.6) is 0 Å². The van der Waals surface area contributed by atoms with E-state index in [0.29, 0.717) is 5.56 Å². The molecule has 3 rings (SSSR count). The maximum absolute atomic E-state index is 11.3. The second-order valence-electron chi connectivity index (χ2n) is 4.45. The van der Waals surface area contributed by atoms with Crippen molar-refractivity contribution in [2.24, 2.45) is 0 Å². The SMILES string of the molecule is Cc1cccc2c(Sc3ccccc3C(=O)O)csc12. The van der Waals surface area contributed by atoms with Gasteiger partial charge in [-0.25, -0.2) is 4.79 Å². The number of hydrogen-bond acceptors (Lipinski definition) is 3. The van der Waals surface area contributed by atoms with E-state index < -0.39 is 5.97 Å². The number of carbonyl (C=O) groups is 1.